The van der Waals surface area contributed by atoms with Gasteiger partial charge in [-0.3, -0.25) is 0 Å². The third-order valence-corrected chi connectivity index (χ3v) is 4.57. The van der Waals surface area contributed by atoms with Crippen LogP contribution in [0.1, 0.15) is 11.6 Å². The van der Waals surface area contributed by atoms with Gasteiger partial charge < -0.3 is 24.4 Å². The number of hydrogen-bond donors (Lipinski definition) is 1. The number of halogens is 2. The molecular weight excluding hydrogens is 322 g/mol. The van der Waals surface area contributed by atoms with Crippen LogP contribution in [0.3, 0.4) is 0 Å². The fraction of sp³-hybridized carbons (Fsp3) is 0.562. The lowest BCUT2D eigenvalue weighted by atomic mass is 10.1. The van der Waals surface area contributed by atoms with Crippen molar-refractivity contribution in [3.63, 3.8) is 0 Å². The number of carbonyl (C=O) groups excluding carboxylic acids is 1. The SMILES string of the molecule is CO[C@@H]1[C@H](OC)CN(C(=O)NC2COc3cc(F)ccc32)[C@H]1CF. The number of likely N-dealkylation sites (tertiary alicyclic amines) is 1. The Morgan fingerprint density at radius 1 is 1.42 bits per heavy atom. The van der Waals surface area contributed by atoms with Crippen LogP contribution in [-0.2, 0) is 9.47 Å². The molecule has 0 saturated carbocycles. The Hall–Kier alpha value is -1.93. The van der Waals surface area contributed by atoms with E-state index in [1.165, 1.54) is 31.3 Å². The maximum absolute atomic E-state index is 13.4. The zero-order chi connectivity index (χ0) is 17.3. The molecule has 0 bridgehead atoms. The van der Waals surface area contributed by atoms with Gasteiger partial charge in [-0.2, -0.15) is 0 Å². The second kappa shape index (κ2) is 6.90. The molecule has 1 aromatic rings. The van der Waals surface area contributed by atoms with E-state index in [2.05, 4.69) is 5.32 Å². The van der Waals surface area contributed by atoms with E-state index in [1.807, 2.05) is 0 Å². The molecule has 1 N–H and O–H groups in total. The Kier molecular flexibility index (Phi) is 4.86. The van der Waals surface area contributed by atoms with Gasteiger partial charge in [-0.25, -0.2) is 13.6 Å². The highest BCUT2D eigenvalue weighted by atomic mass is 19.1. The fourth-order valence-electron chi connectivity index (χ4n) is 3.32. The molecule has 2 heterocycles. The number of nitrogens with zero attached hydrogens (tertiary/aromatic N) is 1. The minimum Gasteiger partial charge on any atom is -0.491 e. The first-order valence-corrected chi connectivity index (χ1v) is 7.70. The number of methoxy groups -OCH3 is 2. The number of nitrogens with one attached hydrogen (secondary N) is 1. The Balaban J connectivity index is 1.72. The van der Waals surface area contributed by atoms with Gasteiger partial charge in [0, 0.05) is 25.8 Å². The molecule has 132 valence electrons. The van der Waals surface area contributed by atoms with Crippen LogP contribution in [0.2, 0.25) is 0 Å². The molecule has 6 nitrogen and oxygen atoms in total. The molecule has 8 heteroatoms. The monoisotopic (exact) mass is 342 g/mol. The van der Waals surface area contributed by atoms with Crippen molar-refractivity contribution in [3.05, 3.63) is 29.6 Å². The third-order valence-electron chi connectivity index (χ3n) is 4.57. The summed E-state index contributed by atoms with van der Waals surface area (Å²) in [6.07, 6.45) is -0.908. The third kappa shape index (κ3) is 2.91. The van der Waals surface area contributed by atoms with Crippen LogP contribution in [0.5, 0.6) is 5.75 Å². The average molecular weight is 342 g/mol. The molecule has 24 heavy (non-hydrogen) atoms. The molecule has 1 saturated heterocycles. The Morgan fingerprint density at radius 3 is 2.88 bits per heavy atom. The second-order valence-corrected chi connectivity index (χ2v) is 5.84. The summed E-state index contributed by atoms with van der Waals surface area (Å²) in [4.78, 5) is 14.0. The lowest BCUT2D eigenvalue weighted by molar-refractivity contribution is -0.0219. The summed E-state index contributed by atoms with van der Waals surface area (Å²) in [6.45, 7) is -0.284. The van der Waals surface area contributed by atoms with Gasteiger partial charge in [0.25, 0.3) is 0 Å². The van der Waals surface area contributed by atoms with Gasteiger partial charge in [-0.05, 0) is 6.07 Å². The van der Waals surface area contributed by atoms with E-state index in [4.69, 9.17) is 14.2 Å². The molecular formula is C16H20F2N2O4. The first-order chi connectivity index (χ1) is 11.6. The largest absolute Gasteiger partial charge is 0.491 e. The van der Waals surface area contributed by atoms with Gasteiger partial charge in [0.2, 0.25) is 0 Å². The molecule has 3 rings (SSSR count). The quantitative estimate of drug-likeness (QED) is 0.904. The van der Waals surface area contributed by atoms with Crippen molar-refractivity contribution >= 4 is 6.03 Å². The highest BCUT2D eigenvalue weighted by Gasteiger charge is 2.45. The van der Waals surface area contributed by atoms with E-state index < -0.39 is 36.7 Å². The Labute approximate surface area is 138 Å². The molecule has 0 aromatic heterocycles. The molecule has 2 aliphatic heterocycles. The van der Waals surface area contributed by atoms with Crippen LogP contribution in [0.25, 0.3) is 0 Å². The van der Waals surface area contributed by atoms with E-state index in [1.54, 1.807) is 6.07 Å². The summed E-state index contributed by atoms with van der Waals surface area (Å²) in [5.41, 5.74) is 0.701. The van der Waals surface area contributed by atoms with Crippen molar-refractivity contribution in [1.29, 1.82) is 0 Å². The predicted molar refractivity (Wildman–Crippen MR) is 81.2 cm³/mol. The second-order valence-electron chi connectivity index (χ2n) is 5.84. The minimum atomic E-state index is -0.727. The standard InChI is InChI=1S/C16H20F2N2O4/c1-22-14-7-20(12(6-17)15(14)23-2)16(21)19-11-8-24-13-5-9(18)3-4-10(11)13/h3-5,11-12,14-15H,6-8H2,1-2H3,(H,19,21)/t11?,12-,14+,15-/m0/s1. The number of benzene rings is 1. The van der Waals surface area contributed by atoms with E-state index in [0.717, 1.165) is 0 Å². The van der Waals surface area contributed by atoms with Gasteiger partial charge in [0.1, 0.15) is 37.1 Å². The molecule has 0 radical (unpaired) electrons. The van der Waals surface area contributed by atoms with Gasteiger partial charge in [0.15, 0.2) is 0 Å². The number of rotatable bonds is 4. The van der Waals surface area contributed by atoms with Gasteiger partial charge in [-0.15, -0.1) is 0 Å². The topological polar surface area (TPSA) is 60.0 Å². The summed E-state index contributed by atoms with van der Waals surface area (Å²) in [5.74, 6) is 0.0111. The van der Waals surface area contributed by atoms with Crippen LogP contribution in [0.15, 0.2) is 18.2 Å². The van der Waals surface area contributed by atoms with E-state index in [-0.39, 0.29) is 19.3 Å². The number of ether oxygens (including phenoxy) is 3. The summed E-state index contributed by atoms with van der Waals surface area (Å²) < 4.78 is 42.6. The van der Waals surface area contributed by atoms with Crippen molar-refractivity contribution in [3.8, 4) is 5.75 Å². The minimum absolute atomic E-state index is 0.208. The van der Waals surface area contributed by atoms with Crippen LogP contribution in [0, 0.1) is 5.82 Å². The maximum Gasteiger partial charge on any atom is 0.318 e. The first kappa shape index (κ1) is 16.9. The molecule has 2 aliphatic rings. The van der Waals surface area contributed by atoms with Crippen LogP contribution in [-0.4, -0.2) is 63.2 Å². The number of hydrogen-bond acceptors (Lipinski definition) is 4. The van der Waals surface area contributed by atoms with Crippen LogP contribution in [0.4, 0.5) is 13.6 Å². The van der Waals surface area contributed by atoms with Crippen molar-refractivity contribution in [2.45, 2.75) is 24.3 Å². The highest BCUT2D eigenvalue weighted by Crippen LogP contribution is 2.33. The number of amides is 2. The van der Waals surface area contributed by atoms with Crippen LogP contribution >= 0.6 is 0 Å². The first-order valence-electron chi connectivity index (χ1n) is 7.70. The van der Waals surface area contributed by atoms with E-state index in [0.29, 0.717) is 11.3 Å². The summed E-state index contributed by atoms with van der Waals surface area (Å²) in [5, 5.41) is 2.81. The van der Waals surface area contributed by atoms with Gasteiger partial charge in [-0.1, -0.05) is 6.07 Å². The smallest absolute Gasteiger partial charge is 0.318 e. The molecule has 1 fully saturated rings. The summed E-state index contributed by atoms with van der Waals surface area (Å²) >= 11 is 0. The van der Waals surface area contributed by atoms with Crippen molar-refractivity contribution in [2.24, 2.45) is 0 Å². The van der Waals surface area contributed by atoms with Crippen molar-refractivity contribution in [2.75, 3.05) is 34.0 Å². The van der Waals surface area contributed by atoms with Crippen molar-refractivity contribution in [1.82, 2.24) is 10.2 Å². The summed E-state index contributed by atoms with van der Waals surface area (Å²) in [6, 6.07) is 2.63. The van der Waals surface area contributed by atoms with E-state index in [9.17, 15) is 13.6 Å². The molecule has 1 aromatic carbocycles. The number of alkyl halides is 1. The zero-order valence-electron chi connectivity index (χ0n) is 13.5. The number of fused-ring (bicyclic) bond motifs is 1. The molecule has 2 amide bonds. The maximum atomic E-state index is 13.4. The fourth-order valence-corrected chi connectivity index (χ4v) is 3.32. The molecule has 4 atom stereocenters. The molecule has 0 spiro atoms. The van der Waals surface area contributed by atoms with Gasteiger partial charge in [0.05, 0.1) is 18.6 Å². The Bertz CT molecular complexity index is 616. The highest BCUT2D eigenvalue weighted by molar-refractivity contribution is 5.76. The average Bonchev–Trinajstić information content (AvgIpc) is 3.14. The lowest BCUT2D eigenvalue weighted by Gasteiger charge is -2.26. The molecule has 1 unspecified atom stereocenters. The molecule has 0 aliphatic carbocycles. The lowest BCUT2D eigenvalue weighted by Crippen LogP contribution is -2.47. The van der Waals surface area contributed by atoms with Gasteiger partial charge >= 0.3 is 6.03 Å². The normalized spacial score (nSPS) is 28.6. The number of carbonyl (C=O) groups is 1. The number of urea groups is 1. The Morgan fingerprint density at radius 2 is 2.21 bits per heavy atom. The predicted octanol–water partition coefficient (Wildman–Crippen LogP) is 1.65. The van der Waals surface area contributed by atoms with Crippen LogP contribution < -0.4 is 10.1 Å². The van der Waals surface area contributed by atoms with Crippen molar-refractivity contribution < 1.29 is 27.8 Å². The van der Waals surface area contributed by atoms with E-state index >= 15 is 0 Å². The zero-order valence-corrected chi connectivity index (χ0v) is 13.5. The summed E-state index contributed by atoms with van der Waals surface area (Å²) in [7, 11) is 2.97.